The van der Waals surface area contributed by atoms with Crippen molar-refractivity contribution in [1.82, 2.24) is 4.98 Å². The summed E-state index contributed by atoms with van der Waals surface area (Å²) in [6, 6.07) is 1.44. The summed E-state index contributed by atoms with van der Waals surface area (Å²) < 4.78 is 9.96. The van der Waals surface area contributed by atoms with E-state index in [-0.39, 0.29) is 47.7 Å². The number of pyridine rings is 1. The fourth-order valence-corrected chi connectivity index (χ4v) is 3.27. The average molecular weight is 415 g/mol. The molecule has 9 heteroatoms. The van der Waals surface area contributed by atoms with Gasteiger partial charge in [-0.15, -0.1) is 0 Å². The van der Waals surface area contributed by atoms with Gasteiger partial charge in [0, 0.05) is 11.8 Å². The fourth-order valence-electron chi connectivity index (χ4n) is 1.94. The van der Waals surface area contributed by atoms with Crippen molar-refractivity contribution in [2.45, 2.75) is 0 Å². The van der Waals surface area contributed by atoms with E-state index in [0.29, 0.717) is 0 Å². The molecule has 1 heterocycles. The highest BCUT2D eigenvalue weighted by molar-refractivity contribution is 6.56. The van der Waals surface area contributed by atoms with Gasteiger partial charge in [-0.3, -0.25) is 0 Å². The van der Waals surface area contributed by atoms with Crippen molar-refractivity contribution in [2.75, 3.05) is 14.2 Å². The van der Waals surface area contributed by atoms with Gasteiger partial charge in [0.1, 0.15) is 0 Å². The molecule has 0 atom stereocenters. The highest BCUT2D eigenvalue weighted by atomic mass is 35.5. The van der Waals surface area contributed by atoms with E-state index in [9.17, 15) is 4.79 Å². The van der Waals surface area contributed by atoms with Crippen molar-refractivity contribution in [1.29, 1.82) is 0 Å². The average Bonchev–Trinajstić information content (AvgIpc) is 2.57. The van der Waals surface area contributed by atoms with Gasteiger partial charge in [0.15, 0.2) is 0 Å². The van der Waals surface area contributed by atoms with Crippen LogP contribution in [0.5, 0.6) is 5.88 Å². The molecule has 0 bridgehead atoms. The molecule has 0 radical (unpaired) electrons. The molecule has 0 aliphatic carbocycles. The van der Waals surface area contributed by atoms with Gasteiger partial charge < -0.3 is 9.47 Å². The van der Waals surface area contributed by atoms with E-state index in [1.807, 2.05) is 0 Å². The predicted octanol–water partition coefficient (Wildman–Crippen LogP) is 5.81. The quantitative estimate of drug-likeness (QED) is 0.361. The van der Waals surface area contributed by atoms with Crippen LogP contribution in [0, 0.1) is 0 Å². The van der Waals surface area contributed by atoms with Gasteiger partial charge in [0.05, 0.1) is 50.5 Å². The third-order valence-corrected chi connectivity index (χ3v) is 5.25. The van der Waals surface area contributed by atoms with Gasteiger partial charge in [-0.1, -0.05) is 58.0 Å². The van der Waals surface area contributed by atoms with Gasteiger partial charge in [-0.05, 0) is 6.07 Å². The maximum Gasteiger partial charge on any atom is 0.338 e. The fraction of sp³-hybridized carbons (Fsp3) is 0.143. The Kier molecular flexibility index (Phi) is 5.87. The Morgan fingerprint density at radius 2 is 1.43 bits per heavy atom. The normalized spacial score (nSPS) is 10.6. The SMILES string of the molecule is COC(=O)c1ccnc(OC)c1-c1c(Cl)c(Cl)c(Cl)c(Cl)c1Cl. The molecule has 0 saturated carbocycles. The summed E-state index contributed by atoms with van der Waals surface area (Å²) in [6.07, 6.45) is 1.38. The number of rotatable bonds is 3. The molecule has 4 nitrogen and oxygen atoms in total. The Hall–Kier alpha value is -0.910. The Bertz CT molecular complexity index is 765. The number of halogens is 5. The maximum atomic E-state index is 12.1. The smallest absolute Gasteiger partial charge is 0.338 e. The van der Waals surface area contributed by atoms with Crippen molar-refractivity contribution in [3.8, 4) is 17.0 Å². The van der Waals surface area contributed by atoms with Crippen molar-refractivity contribution in [3.63, 3.8) is 0 Å². The van der Waals surface area contributed by atoms with Crippen LogP contribution < -0.4 is 4.74 Å². The molecule has 0 aliphatic rings. The van der Waals surface area contributed by atoms with Crippen LogP contribution in [0.3, 0.4) is 0 Å². The number of hydrogen-bond acceptors (Lipinski definition) is 4. The summed E-state index contributed by atoms with van der Waals surface area (Å²) in [4.78, 5) is 16.1. The number of esters is 1. The number of benzene rings is 1. The Morgan fingerprint density at radius 1 is 0.913 bits per heavy atom. The lowest BCUT2D eigenvalue weighted by Gasteiger charge is -2.17. The summed E-state index contributed by atoms with van der Waals surface area (Å²) in [6.45, 7) is 0. The van der Waals surface area contributed by atoms with Crippen LogP contribution in [-0.4, -0.2) is 25.2 Å². The summed E-state index contributed by atoms with van der Waals surface area (Å²) in [7, 11) is 2.62. The lowest BCUT2D eigenvalue weighted by atomic mass is 10.0. The minimum atomic E-state index is -0.630. The highest BCUT2D eigenvalue weighted by Crippen LogP contribution is 2.50. The van der Waals surface area contributed by atoms with Crippen LogP contribution >= 0.6 is 58.0 Å². The van der Waals surface area contributed by atoms with Gasteiger partial charge >= 0.3 is 5.97 Å². The minimum Gasteiger partial charge on any atom is -0.481 e. The van der Waals surface area contributed by atoms with Crippen molar-refractivity contribution in [3.05, 3.63) is 42.9 Å². The number of carbonyl (C=O) groups excluding carboxylic acids is 1. The predicted molar refractivity (Wildman–Crippen MR) is 92.6 cm³/mol. The van der Waals surface area contributed by atoms with Crippen LogP contribution in [0.1, 0.15) is 10.4 Å². The van der Waals surface area contributed by atoms with Crippen LogP contribution in [0.25, 0.3) is 11.1 Å². The molecule has 0 unspecified atom stereocenters. The Balaban J connectivity index is 2.95. The number of ether oxygens (including phenoxy) is 2. The summed E-state index contributed by atoms with van der Waals surface area (Å²) in [5, 5.41) is 0.0403. The minimum absolute atomic E-state index is 0.000504. The maximum absolute atomic E-state index is 12.1. The van der Waals surface area contributed by atoms with Gasteiger partial charge in [-0.2, -0.15) is 0 Å². The standard InChI is InChI=1S/C14H8Cl5NO3/c1-22-13-6(5(3-4-20-13)14(21)23-2)7-8(15)10(17)12(19)11(18)9(7)16/h3-4H,1-2H3. The molecule has 1 aromatic heterocycles. The number of aromatic nitrogens is 1. The number of carbonyl (C=O) groups is 1. The van der Waals surface area contributed by atoms with Crippen molar-refractivity contribution in [2.24, 2.45) is 0 Å². The van der Waals surface area contributed by atoms with Crippen LogP contribution in [0.4, 0.5) is 0 Å². The van der Waals surface area contributed by atoms with E-state index in [0.717, 1.165) is 0 Å². The third kappa shape index (κ3) is 3.19. The van der Waals surface area contributed by atoms with Gasteiger partial charge in [0.25, 0.3) is 0 Å². The van der Waals surface area contributed by atoms with E-state index < -0.39 is 5.97 Å². The van der Waals surface area contributed by atoms with E-state index in [2.05, 4.69) is 4.98 Å². The number of methoxy groups -OCH3 is 2. The molecular formula is C14H8Cl5NO3. The molecule has 2 rings (SSSR count). The van der Waals surface area contributed by atoms with Crippen LogP contribution in [-0.2, 0) is 4.74 Å². The molecule has 0 fully saturated rings. The van der Waals surface area contributed by atoms with E-state index >= 15 is 0 Å². The molecule has 0 N–H and O–H groups in total. The largest absolute Gasteiger partial charge is 0.481 e. The second-order valence-electron chi connectivity index (χ2n) is 4.18. The topological polar surface area (TPSA) is 48.4 Å². The molecule has 0 aliphatic heterocycles. The second kappa shape index (κ2) is 7.32. The first-order chi connectivity index (χ1) is 10.8. The van der Waals surface area contributed by atoms with Crippen molar-refractivity contribution >= 4 is 64.0 Å². The lowest BCUT2D eigenvalue weighted by molar-refractivity contribution is 0.0601. The number of hydrogen-bond donors (Lipinski definition) is 0. The Morgan fingerprint density at radius 3 is 1.91 bits per heavy atom. The Labute approximate surface area is 157 Å². The molecule has 2 aromatic rings. The zero-order valence-corrected chi connectivity index (χ0v) is 15.5. The summed E-state index contributed by atoms with van der Waals surface area (Å²) >= 11 is 30.7. The van der Waals surface area contributed by atoms with Gasteiger partial charge in [0.2, 0.25) is 5.88 Å². The molecule has 122 valence electrons. The molecule has 0 saturated heterocycles. The lowest BCUT2D eigenvalue weighted by Crippen LogP contribution is -2.06. The van der Waals surface area contributed by atoms with E-state index in [4.69, 9.17) is 67.5 Å². The summed E-state index contributed by atoms with van der Waals surface area (Å²) in [5.74, 6) is -0.527. The second-order valence-corrected chi connectivity index (χ2v) is 6.07. The summed E-state index contributed by atoms with van der Waals surface area (Å²) in [5.41, 5.74) is 0.521. The monoisotopic (exact) mass is 413 g/mol. The van der Waals surface area contributed by atoms with Gasteiger partial charge in [-0.25, -0.2) is 9.78 Å². The van der Waals surface area contributed by atoms with Crippen LogP contribution in [0.15, 0.2) is 12.3 Å². The molecule has 0 amide bonds. The van der Waals surface area contributed by atoms with Crippen molar-refractivity contribution < 1.29 is 14.3 Å². The van der Waals surface area contributed by atoms with E-state index in [1.54, 1.807) is 0 Å². The first-order valence-corrected chi connectivity index (χ1v) is 7.87. The molecular weight excluding hydrogens is 407 g/mol. The highest BCUT2D eigenvalue weighted by Gasteiger charge is 2.27. The number of nitrogens with zero attached hydrogens (tertiary/aromatic N) is 1. The molecule has 0 spiro atoms. The van der Waals surface area contributed by atoms with Crippen LogP contribution in [0.2, 0.25) is 25.1 Å². The molecule has 1 aromatic carbocycles. The zero-order valence-electron chi connectivity index (χ0n) is 11.7. The third-order valence-electron chi connectivity index (χ3n) is 2.97. The zero-order chi connectivity index (χ0) is 17.3. The molecule has 23 heavy (non-hydrogen) atoms. The van der Waals surface area contributed by atoms with E-state index in [1.165, 1.54) is 26.5 Å². The first kappa shape index (κ1) is 18.4. The first-order valence-electron chi connectivity index (χ1n) is 5.98.